The Morgan fingerprint density at radius 3 is 2.09 bits per heavy atom. The first-order valence-corrected chi connectivity index (χ1v) is 4.41. The number of fused-ring (bicyclic) bond motifs is 2. The highest BCUT2D eigenvalue weighted by molar-refractivity contribution is 4.81. The molecule has 0 spiro atoms. The third-order valence-corrected chi connectivity index (χ3v) is 2.00. The van der Waals surface area contributed by atoms with Crippen LogP contribution in [-0.4, -0.2) is 30.4 Å². The van der Waals surface area contributed by atoms with Crippen LogP contribution in [0.2, 0.25) is 0 Å². The Hall–Kier alpha value is -0.150. The fraction of sp³-hybridized carbons (Fsp3) is 1.00. The van der Waals surface area contributed by atoms with Crippen LogP contribution in [0, 0.1) is 0 Å². The Bertz CT molecular complexity index is 109. The lowest BCUT2D eigenvalue weighted by molar-refractivity contribution is -0.114. The second kappa shape index (κ2) is 4.02. The van der Waals surface area contributed by atoms with Crippen molar-refractivity contribution in [1.82, 2.24) is 5.12 Å². The molecule has 2 bridgehead atoms. The van der Waals surface area contributed by atoms with Crippen molar-refractivity contribution in [1.29, 1.82) is 0 Å². The summed E-state index contributed by atoms with van der Waals surface area (Å²) in [5.41, 5.74) is 0. The smallest absolute Gasteiger partial charge is 0.0733 e. The molecule has 11 heavy (non-hydrogen) atoms. The quantitative estimate of drug-likeness (QED) is 0.502. The second-order valence-electron chi connectivity index (χ2n) is 2.79. The Morgan fingerprint density at radius 1 is 1.18 bits per heavy atom. The van der Waals surface area contributed by atoms with Gasteiger partial charge in [-0.3, -0.25) is 0 Å². The normalized spacial score (nSPS) is 36.3. The Kier molecular flexibility index (Phi) is 3.27. The SMILES string of the molecule is CC.FN1CC2CCC(C1)O2. The number of rotatable bonds is 0. The van der Waals surface area contributed by atoms with Gasteiger partial charge in [0.25, 0.3) is 0 Å². The van der Waals surface area contributed by atoms with Crippen molar-refractivity contribution in [2.24, 2.45) is 0 Å². The van der Waals surface area contributed by atoms with Crippen molar-refractivity contribution < 1.29 is 9.22 Å². The van der Waals surface area contributed by atoms with Crippen LogP contribution in [0.25, 0.3) is 0 Å². The first kappa shape index (κ1) is 8.94. The van der Waals surface area contributed by atoms with Crippen molar-refractivity contribution in [3.63, 3.8) is 0 Å². The summed E-state index contributed by atoms with van der Waals surface area (Å²) in [5, 5.41) is 0.867. The van der Waals surface area contributed by atoms with Gasteiger partial charge in [-0.05, 0) is 12.8 Å². The molecule has 0 aromatic rings. The van der Waals surface area contributed by atoms with Gasteiger partial charge in [-0.1, -0.05) is 13.8 Å². The maximum atomic E-state index is 12.5. The van der Waals surface area contributed by atoms with Crippen molar-refractivity contribution in [2.45, 2.75) is 38.9 Å². The van der Waals surface area contributed by atoms with E-state index in [1.807, 2.05) is 13.8 Å². The molecule has 2 saturated heterocycles. The zero-order chi connectivity index (χ0) is 8.27. The number of hydrogen-bond acceptors (Lipinski definition) is 2. The standard InChI is InChI=1S/C6H10FNO.C2H6/c7-8-3-5-1-2-6(4-8)9-5;1-2/h5-6H,1-4H2;1-2H3. The van der Waals surface area contributed by atoms with Crippen molar-refractivity contribution in [3.05, 3.63) is 0 Å². The molecule has 2 nitrogen and oxygen atoms in total. The molecule has 0 aromatic carbocycles. The summed E-state index contributed by atoms with van der Waals surface area (Å²) in [4.78, 5) is 0. The maximum Gasteiger partial charge on any atom is 0.0733 e. The summed E-state index contributed by atoms with van der Waals surface area (Å²) in [6.45, 7) is 4.97. The van der Waals surface area contributed by atoms with Gasteiger partial charge in [0.15, 0.2) is 0 Å². The van der Waals surface area contributed by atoms with E-state index < -0.39 is 0 Å². The van der Waals surface area contributed by atoms with Gasteiger partial charge in [-0.15, -0.1) is 9.60 Å². The highest BCUT2D eigenvalue weighted by Crippen LogP contribution is 2.25. The number of morpholine rings is 1. The predicted molar refractivity (Wildman–Crippen MR) is 41.9 cm³/mol. The molecule has 2 unspecified atom stereocenters. The van der Waals surface area contributed by atoms with Gasteiger partial charge in [-0.2, -0.15) is 0 Å². The van der Waals surface area contributed by atoms with Gasteiger partial charge in [0, 0.05) is 0 Å². The third kappa shape index (κ3) is 2.14. The minimum atomic E-state index is 0.189. The lowest BCUT2D eigenvalue weighted by Gasteiger charge is -2.24. The topological polar surface area (TPSA) is 12.5 Å². The molecular weight excluding hydrogens is 145 g/mol. The fourth-order valence-corrected chi connectivity index (χ4v) is 1.57. The molecule has 2 aliphatic rings. The van der Waals surface area contributed by atoms with Crippen LogP contribution in [0.3, 0.4) is 0 Å². The van der Waals surface area contributed by atoms with Crippen molar-refractivity contribution in [3.8, 4) is 0 Å². The summed E-state index contributed by atoms with van der Waals surface area (Å²) in [6, 6.07) is 0. The molecule has 2 rings (SSSR count). The first-order chi connectivity index (χ1) is 5.34. The molecule has 2 heterocycles. The molecule has 2 aliphatic heterocycles. The van der Waals surface area contributed by atoms with E-state index in [2.05, 4.69) is 0 Å². The average Bonchev–Trinajstić information content (AvgIpc) is 2.35. The molecule has 0 N–H and O–H groups in total. The van der Waals surface area contributed by atoms with Gasteiger partial charge in [0.2, 0.25) is 0 Å². The minimum Gasteiger partial charge on any atom is -0.372 e. The first-order valence-electron chi connectivity index (χ1n) is 4.41. The van der Waals surface area contributed by atoms with E-state index in [1.165, 1.54) is 0 Å². The molecule has 2 atom stereocenters. The molecule has 2 fully saturated rings. The Labute approximate surface area is 67.3 Å². The number of nitrogens with zero attached hydrogens (tertiary/aromatic N) is 1. The van der Waals surface area contributed by atoms with E-state index in [-0.39, 0.29) is 12.2 Å². The van der Waals surface area contributed by atoms with Crippen LogP contribution in [0.4, 0.5) is 4.48 Å². The van der Waals surface area contributed by atoms with Crippen molar-refractivity contribution in [2.75, 3.05) is 13.1 Å². The van der Waals surface area contributed by atoms with E-state index in [0.717, 1.165) is 18.0 Å². The molecule has 0 radical (unpaired) electrons. The molecule has 0 amide bonds. The minimum absolute atomic E-state index is 0.189. The van der Waals surface area contributed by atoms with Crippen LogP contribution in [0.1, 0.15) is 26.7 Å². The van der Waals surface area contributed by atoms with E-state index >= 15 is 0 Å². The molecule has 66 valence electrons. The van der Waals surface area contributed by atoms with E-state index in [4.69, 9.17) is 4.74 Å². The summed E-state index contributed by atoms with van der Waals surface area (Å²) >= 11 is 0. The lowest BCUT2D eigenvalue weighted by Crippen LogP contribution is -2.37. The van der Waals surface area contributed by atoms with Crippen LogP contribution >= 0.6 is 0 Å². The molecule has 0 aromatic heterocycles. The zero-order valence-corrected chi connectivity index (χ0v) is 7.22. The van der Waals surface area contributed by atoms with Gasteiger partial charge in [-0.25, -0.2) is 0 Å². The Balaban J connectivity index is 0.000000281. The number of hydrogen-bond donors (Lipinski definition) is 0. The number of ether oxygens (including phenoxy) is 1. The summed E-state index contributed by atoms with van der Waals surface area (Å²) in [5.74, 6) is 0. The van der Waals surface area contributed by atoms with Crippen LogP contribution in [0.15, 0.2) is 0 Å². The van der Waals surface area contributed by atoms with Crippen LogP contribution in [0.5, 0.6) is 0 Å². The third-order valence-electron chi connectivity index (χ3n) is 2.00. The second-order valence-corrected chi connectivity index (χ2v) is 2.79. The molecule has 0 aliphatic carbocycles. The van der Waals surface area contributed by atoms with Gasteiger partial charge in [0.1, 0.15) is 0 Å². The van der Waals surface area contributed by atoms with Gasteiger partial charge >= 0.3 is 0 Å². The zero-order valence-electron chi connectivity index (χ0n) is 7.22. The van der Waals surface area contributed by atoms with Gasteiger partial charge in [0.05, 0.1) is 25.3 Å². The van der Waals surface area contributed by atoms with Crippen LogP contribution in [-0.2, 0) is 4.74 Å². The highest BCUT2D eigenvalue weighted by atomic mass is 19.2. The maximum absolute atomic E-state index is 12.5. The molecule has 3 heteroatoms. The Morgan fingerprint density at radius 2 is 1.64 bits per heavy atom. The highest BCUT2D eigenvalue weighted by Gasteiger charge is 2.33. The number of halogens is 1. The van der Waals surface area contributed by atoms with Gasteiger partial charge < -0.3 is 4.74 Å². The van der Waals surface area contributed by atoms with E-state index in [9.17, 15) is 4.48 Å². The fourth-order valence-electron chi connectivity index (χ4n) is 1.57. The van der Waals surface area contributed by atoms with Crippen molar-refractivity contribution >= 4 is 0 Å². The summed E-state index contributed by atoms with van der Waals surface area (Å²) < 4.78 is 17.9. The summed E-state index contributed by atoms with van der Waals surface area (Å²) in [7, 11) is 0. The molecular formula is C8H16FNO. The monoisotopic (exact) mass is 161 g/mol. The average molecular weight is 161 g/mol. The predicted octanol–water partition coefficient (Wildman–Crippen LogP) is 1.76. The van der Waals surface area contributed by atoms with Crippen LogP contribution < -0.4 is 0 Å². The summed E-state index contributed by atoms with van der Waals surface area (Å²) in [6.07, 6.45) is 2.47. The molecule has 0 saturated carbocycles. The lowest BCUT2D eigenvalue weighted by atomic mass is 10.2. The largest absolute Gasteiger partial charge is 0.372 e. The van der Waals surface area contributed by atoms with E-state index in [1.54, 1.807) is 0 Å². The van der Waals surface area contributed by atoms with E-state index in [0.29, 0.717) is 13.1 Å².